The third-order valence-electron chi connectivity index (χ3n) is 2.09. The molecule has 0 radical (unpaired) electrons. The van der Waals surface area contributed by atoms with Crippen molar-refractivity contribution in [2.75, 3.05) is 13.7 Å². The fraction of sp³-hybridized carbons (Fsp3) is 0.417. The minimum atomic E-state index is -0.294. The highest BCUT2D eigenvalue weighted by Gasteiger charge is 2.04. The SMILES string of the molecule is COCCCC(=O)Cc1cccc(F)c1. The Morgan fingerprint density at radius 2 is 2.27 bits per heavy atom. The molecule has 0 amide bonds. The molecule has 1 aromatic rings. The maximum atomic E-state index is 12.8. The Labute approximate surface area is 89.1 Å². The maximum absolute atomic E-state index is 12.8. The summed E-state index contributed by atoms with van der Waals surface area (Å²) in [5, 5.41) is 0. The minimum absolute atomic E-state index is 0.123. The molecule has 0 spiro atoms. The molecule has 0 fully saturated rings. The van der Waals surface area contributed by atoms with Gasteiger partial charge in [0, 0.05) is 26.6 Å². The van der Waals surface area contributed by atoms with Crippen LogP contribution in [0.4, 0.5) is 4.39 Å². The van der Waals surface area contributed by atoms with Crippen molar-refractivity contribution >= 4 is 5.78 Å². The number of hydrogen-bond acceptors (Lipinski definition) is 2. The van der Waals surface area contributed by atoms with Crippen molar-refractivity contribution in [3.05, 3.63) is 35.6 Å². The average molecular weight is 210 g/mol. The van der Waals surface area contributed by atoms with Gasteiger partial charge in [0.25, 0.3) is 0 Å². The van der Waals surface area contributed by atoms with E-state index in [1.54, 1.807) is 19.2 Å². The van der Waals surface area contributed by atoms with Gasteiger partial charge in [-0.2, -0.15) is 0 Å². The molecule has 1 aromatic carbocycles. The third kappa shape index (κ3) is 4.70. The van der Waals surface area contributed by atoms with Gasteiger partial charge in [-0.3, -0.25) is 4.79 Å². The van der Waals surface area contributed by atoms with Crippen LogP contribution < -0.4 is 0 Å². The van der Waals surface area contributed by atoms with Crippen molar-refractivity contribution in [3.8, 4) is 0 Å². The second-order valence-corrected chi connectivity index (χ2v) is 3.44. The van der Waals surface area contributed by atoms with Crippen LogP contribution in [0.25, 0.3) is 0 Å². The minimum Gasteiger partial charge on any atom is -0.385 e. The third-order valence-corrected chi connectivity index (χ3v) is 2.09. The number of rotatable bonds is 6. The number of halogens is 1. The van der Waals surface area contributed by atoms with Crippen LogP contribution in [0.3, 0.4) is 0 Å². The Kier molecular flexibility index (Phi) is 4.98. The molecule has 0 bridgehead atoms. The molecule has 0 N–H and O–H groups in total. The van der Waals surface area contributed by atoms with E-state index in [1.807, 2.05) is 0 Å². The zero-order valence-electron chi connectivity index (χ0n) is 8.83. The molecule has 1 rings (SSSR count). The van der Waals surface area contributed by atoms with E-state index in [1.165, 1.54) is 12.1 Å². The number of benzene rings is 1. The largest absolute Gasteiger partial charge is 0.385 e. The van der Waals surface area contributed by atoms with Gasteiger partial charge < -0.3 is 4.74 Å². The number of carbonyl (C=O) groups is 1. The highest BCUT2D eigenvalue weighted by molar-refractivity contribution is 5.80. The van der Waals surface area contributed by atoms with Crippen LogP contribution in [0.15, 0.2) is 24.3 Å². The molecule has 0 aliphatic rings. The summed E-state index contributed by atoms with van der Waals surface area (Å²) in [5.74, 6) is -0.171. The summed E-state index contributed by atoms with van der Waals surface area (Å²) in [7, 11) is 1.61. The smallest absolute Gasteiger partial charge is 0.137 e. The zero-order chi connectivity index (χ0) is 11.1. The van der Waals surface area contributed by atoms with Crippen molar-refractivity contribution in [1.82, 2.24) is 0 Å². The van der Waals surface area contributed by atoms with Crippen molar-refractivity contribution in [3.63, 3.8) is 0 Å². The van der Waals surface area contributed by atoms with E-state index in [0.717, 1.165) is 12.0 Å². The number of carbonyl (C=O) groups excluding carboxylic acids is 1. The Morgan fingerprint density at radius 3 is 2.93 bits per heavy atom. The van der Waals surface area contributed by atoms with Crippen LogP contribution in [0.2, 0.25) is 0 Å². The first-order chi connectivity index (χ1) is 7.22. The van der Waals surface area contributed by atoms with E-state index >= 15 is 0 Å². The van der Waals surface area contributed by atoms with Crippen LogP contribution in [0.1, 0.15) is 18.4 Å². The van der Waals surface area contributed by atoms with Gasteiger partial charge in [0.2, 0.25) is 0 Å². The normalized spacial score (nSPS) is 10.3. The van der Waals surface area contributed by atoms with E-state index in [-0.39, 0.29) is 11.6 Å². The lowest BCUT2D eigenvalue weighted by Crippen LogP contribution is -2.04. The first-order valence-electron chi connectivity index (χ1n) is 4.97. The van der Waals surface area contributed by atoms with Crippen LogP contribution in [0.5, 0.6) is 0 Å². The predicted molar refractivity (Wildman–Crippen MR) is 56.2 cm³/mol. The molecule has 82 valence electrons. The van der Waals surface area contributed by atoms with Gasteiger partial charge in [0.15, 0.2) is 0 Å². The molecule has 0 unspecified atom stereocenters. The van der Waals surface area contributed by atoms with Gasteiger partial charge in [-0.05, 0) is 24.1 Å². The number of ketones is 1. The zero-order valence-corrected chi connectivity index (χ0v) is 8.83. The monoisotopic (exact) mass is 210 g/mol. The topological polar surface area (TPSA) is 26.3 Å². The summed E-state index contributed by atoms with van der Waals surface area (Å²) in [5.41, 5.74) is 0.734. The second-order valence-electron chi connectivity index (χ2n) is 3.44. The summed E-state index contributed by atoms with van der Waals surface area (Å²) >= 11 is 0. The van der Waals surface area contributed by atoms with Crippen LogP contribution in [-0.2, 0) is 16.0 Å². The molecule has 0 saturated heterocycles. The summed E-state index contributed by atoms with van der Waals surface area (Å²) < 4.78 is 17.6. The fourth-order valence-corrected chi connectivity index (χ4v) is 1.38. The Hall–Kier alpha value is -1.22. The molecule has 0 aliphatic heterocycles. The van der Waals surface area contributed by atoms with Gasteiger partial charge >= 0.3 is 0 Å². The molecule has 0 heterocycles. The van der Waals surface area contributed by atoms with E-state index in [9.17, 15) is 9.18 Å². The summed E-state index contributed by atoms with van der Waals surface area (Å²) in [6, 6.07) is 6.15. The highest BCUT2D eigenvalue weighted by Crippen LogP contribution is 2.06. The average Bonchev–Trinajstić information content (AvgIpc) is 2.18. The fourth-order valence-electron chi connectivity index (χ4n) is 1.38. The molecule has 0 atom stereocenters. The Bertz CT molecular complexity index is 323. The van der Waals surface area contributed by atoms with Gasteiger partial charge in [0.05, 0.1) is 0 Å². The lowest BCUT2D eigenvalue weighted by Gasteiger charge is -2.01. The Morgan fingerprint density at radius 1 is 1.47 bits per heavy atom. The lowest BCUT2D eigenvalue weighted by atomic mass is 10.1. The molecule has 15 heavy (non-hydrogen) atoms. The number of hydrogen-bond donors (Lipinski definition) is 0. The summed E-state index contributed by atoms with van der Waals surface area (Å²) in [4.78, 5) is 11.4. The molecule has 3 heteroatoms. The molecular formula is C12H15FO2. The molecule has 0 aliphatic carbocycles. The summed E-state index contributed by atoms with van der Waals surface area (Å²) in [6.45, 7) is 0.592. The first-order valence-corrected chi connectivity index (χ1v) is 4.97. The number of methoxy groups -OCH3 is 1. The van der Waals surface area contributed by atoms with Crippen molar-refractivity contribution < 1.29 is 13.9 Å². The molecule has 2 nitrogen and oxygen atoms in total. The predicted octanol–water partition coefficient (Wildman–Crippen LogP) is 2.36. The van der Waals surface area contributed by atoms with Gasteiger partial charge in [-0.25, -0.2) is 4.39 Å². The van der Waals surface area contributed by atoms with E-state index < -0.39 is 0 Å². The number of Topliss-reactive ketones (excluding diaryl/α,β-unsaturated/α-hetero) is 1. The van der Waals surface area contributed by atoms with Crippen LogP contribution in [-0.4, -0.2) is 19.5 Å². The van der Waals surface area contributed by atoms with E-state index in [0.29, 0.717) is 19.4 Å². The lowest BCUT2D eigenvalue weighted by molar-refractivity contribution is -0.118. The van der Waals surface area contributed by atoms with Gasteiger partial charge in [-0.1, -0.05) is 12.1 Å². The first kappa shape index (κ1) is 11.9. The van der Waals surface area contributed by atoms with Crippen LogP contribution in [0, 0.1) is 5.82 Å². The Balaban J connectivity index is 2.37. The molecular weight excluding hydrogens is 195 g/mol. The van der Waals surface area contributed by atoms with Gasteiger partial charge in [-0.15, -0.1) is 0 Å². The van der Waals surface area contributed by atoms with E-state index in [4.69, 9.17) is 4.74 Å². The maximum Gasteiger partial charge on any atom is 0.137 e. The quantitative estimate of drug-likeness (QED) is 0.674. The standard InChI is InChI=1S/C12H15FO2/c1-15-7-3-6-12(14)9-10-4-2-5-11(13)8-10/h2,4-5,8H,3,6-7,9H2,1H3. The summed E-state index contributed by atoms with van der Waals surface area (Å²) in [6.07, 6.45) is 1.52. The van der Waals surface area contributed by atoms with Crippen molar-refractivity contribution in [2.24, 2.45) is 0 Å². The van der Waals surface area contributed by atoms with Crippen molar-refractivity contribution in [2.45, 2.75) is 19.3 Å². The van der Waals surface area contributed by atoms with Crippen LogP contribution >= 0.6 is 0 Å². The van der Waals surface area contributed by atoms with Crippen molar-refractivity contribution in [1.29, 1.82) is 0 Å². The number of ether oxygens (including phenoxy) is 1. The molecule has 0 saturated carbocycles. The van der Waals surface area contributed by atoms with E-state index in [2.05, 4.69) is 0 Å². The van der Waals surface area contributed by atoms with Gasteiger partial charge in [0.1, 0.15) is 11.6 Å². The highest BCUT2D eigenvalue weighted by atomic mass is 19.1. The molecule has 0 aromatic heterocycles. The second kappa shape index (κ2) is 6.30.